The van der Waals surface area contributed by atoms with E-state index in [0.29, 0.717) is 12.4 Å². The number of halogens is 1. The Morgan fingerprint density at radius 3 is 2.58 bits per heavy atom. The summed E-state index contributed by atoms with van der Waals surface area (Å²) in [4.78, 5) is 0. The molecule has 0 atom stereocenters. The topological polar surface area (TPSA) is 9.23 Å². The van der Waals surface area contributed by atoms with Crippen LogP contribution in [0.5, 0.6) is 5.75 Å². The molecule has 0 saturated heterocycles. The van der Waals surface area contributed by atoms with Gasteiger partial charge in [0.15, 0.2) is 0 Å². The van der Waals surface area contributed by atoms with Crippen molar-refractivity contribution in [1.29, 1.82) is 0 Å². The van der Waals surface area contributed by atoms with Gasteiger partial charge in [-0.3, -0.25) is 0 Å². The zero-order valence-electron chi connectivity index (χ0n) is 14.9. The molecule has 3 aromatic carbocycles. The van der Waals surface area contributed by atoms with E-state index in [-0.39, 0.29) is 5.82 Å². The Balaban J connectivity index is 1.23. The molecule has 0 amide bonds. The van der Waals surface area contributed by atoms with Crippen molar-refractivity contribution in [2.75, 3.05) is 6.61 Å². The third kappa shape index (κ3) is 3.80. The first-order valence-corrected chi connectivity index (χ1v) is 9.38. The molecule has 0 spiro atoms. The van der Waals surface area contributed by atoms with Gasteiger partial charge in [0.05, 0.1) is 6.61 Å². The second-order valence-corrected chi connectivity index (χ2v) is 6.94. The molecular weight excluding hydrogens is 323 g/mol. The monoisotopic (exact) mass is 346 g/mol. The number of rotatable bonds is 7. The summed E-state index contributed by atoms with van der Waals surface area (Å²) in [6.07, 6.45) is 5.42. The van der Waals surface area contributed by atoms with Gasteiger partial charge in [-0.1, -0.05) is 48.5 Å². The first-order chi connectivity index (χ1) is 12.8. The summed E-state index contributed by atoms with van der Waals surface area (Å²) in [5, 5.41) is 0. The van der Waals surface area contributed by atoms with Gasteiger partial charge in [0.25, 0.3) is 0 Å². The molecule has 0 bridgehead atoms. The van der Waals surface area contributed by atoms with Crippen LogP contribution in [0.1, 0.15) is 36.0 Å². The van der Waals surface area contributed by atoms with Gasteiger partial charge in [0, 0.05) is 6.07 Å². The summed E-state index contributed by atoms with van der Waals surface area (Å²) in [5.74, 6) is 0.365. The number of benzene rings is 3. The molecular formula is C24H23FO. The van der Waals surface area contributed by atoms with Crippen molar-refractivity contribution >= 4 is 0 Å². The van der Waals surface area contributed by atoms with E-state index >= 15 is 0 Å². The molecule has 0 saturated carbocycles. The SMILES string of the molecule is Fc1cccc(OCCCCCc2ccc3c(c2)Cc2ccccc2-3)c1. The van der Waals surface area contributed by atoms with Gasteiger partial charge in [-0.05, 0) is 72.1 Å². The normalized spacial score (nSPS) is 11.9. The Morgan fingerprint density at radius 2 is 1.65 bits per heavy atom. The van der Waals surface area contributed by atoms with Crippen molar-refractivity contribution < 1.29 is 9.13 Å². The second-order valence-electron chi connectivity index (χ2n) is 6.94. The van der Waals surface area contributed by atoms with Crippen LogP contribution in [0.2, 0.25) is 0 Å². The van der Waals surface area contributed by atoms with Crippen molar-refractivity contribution in [3.8, 4) is 16.9 Å². The fraction of sp³-hybridized carbons (Fsp3) is 0.250. The molecule has 1 aliphatic carbocycles. The minimum absolute atomic E-state index is 0.249. The smallest absolute Gasteiger partial charge is 0.126 e. The van der Waals surface area contributed by atoms with Crippen molar-refractivity contribution in [2.24, 2.45) is 0 Å². The molecule has 1 nitrogen and oxygen atoms in total. The molecule has 1 aliphatic rings. The van der Waals surface area contributed by atoms with E-state index in [4.69, 9.17) is 4.74 Å². The van der Waals surface area contributed by atoms with Gasteiger partial charge in [0.2, 0.25) is 0 Å². The minimum Gasteiger partial charge on any atom is -0.493 e. The van der Waals surface area contributed by atoms with E-state index in [0.717, 1.165) is 32.1 Å². The summed E-state index contributed by atoms with van der Waals surface area (Å²) < 4.78 is 18.7. The highest BCUT2D eigenvalue weighted by atomic mass is 19.1. The molecule has 0 heterocycles. The first kappa shape index (κ1) is 16.8. The Hall–Kier alpha value is -2.61. The van der Waals surface area contributed by atoms with Crippen LogP contribution in [0.3, 0.4) is 0 Å². The van der Waals surface area contributed by atoms with E-state index < -0.39 is 0 Å². The lowest BCUT2D eigenvalue weighted by Gasteiger charge is -2.07. The number of ether oxygens (including phenoxy) is 1. The standard InChI is InChI=1S/C24H23FO/c25-21-9-6-10-22(17-21)26-14-5-1-2-7-18-12-13-24-20(15-18)16-19-8-3-4-11-23(19)24/h3-4,6,8-13,15,17H,1-2,5,7,14,16H2. The number of hydrogen-bond donors (Lipinski definition) is 0. The highest BCUT2D eigenvalue weighted by Gasteiger charge is 2.17. The van der Waals surface area contributed by atoms with Crippen molar-refractivity contribution in [3.63, 3.8) is 0 Å². The van der Waals surface area contributed by atoms with Crippen LogP contribution >= 0.6 is 0 Å². The predicted molar refractivity (Wildman–Crippen MR) is 104 cm³/mol. The van der Waals surface area contributed by atoms with Crippen molar-refractivity contribution in [2.45, 2.75) is 32.1 Å². The average molecular weight is 346 g/mol. The predicted octanol–water partition coefficient (Wildman–Crippen LogP) is 6.19. The van der Waals surface area contributed by atoms with Gasteiger partial charge < -0.3 is 4.74 Å². The minimum atomic E-state index is -0.249. The van der Waals surface area contributed by atoms with E-state index in [1.165, 1.54) is 39.9 Å². The highest BCUT2D eigenvalue weighted by molar-refractivity contribution is 5.76. The van der Waals surface area contributed by atoms with Crippen LogP contribution in [0.4, 0.5) is 4.39 Å². The lowest BCUT2D eigenvalue weighted by molar-refractivity contribution is 0.304. The van der Waals surface area contributed by atoms with Gasteiger partial charge in [-0.15, -0.1) is 0 Å². The van der Waals surface area contributed by atoms with Crippen molar-refractivity contribution in [3.05, 3.63) is 89.2 Å². The third-order valence-electron chi connectivity index (χ3n) is 5.03. The summed E-state index contributed by atoms with van der Waals surface area (Å²) in [5.41, 5.74) is 7.10. The second kappa shape index (κ2) is 7.74. The molecule has 0 aromatic heterocycles. The van der Waals surface area contributed by atoms with Gasteiger partial charge in [-0.2, -0.15) is 0 Å². The molecule has 26 heavy (non-hydrogen) atoms. The zero-order valence-corrected chi connectivity index (χ0v) is 14.9. The summed E-state index contributed by atoms with van der Waals surface area (Å²) in [6, 6.07) is 22.0. The molecule has 2 heteroatoms. The Labute approximate surface area is 154 Å². The quantitative estimate of drug-likeness (QED) is 0.363. The molecule has 0 aliphatic heterocycles. The van der Waals surface area contributed by atoms with Crippen LogP contribution in [-0.4, -0.2) is 6.61 Å². The zero-order chi connectivity index (χ0) is 17.8. The maximum Gasteiger partial charge on any atom is 0.126 e. The fourth-order valence-electron chi connectivity index (χ4n) is 3.71. The fourth-order valence-corrected chi connectivity index (χ4v) is 3.71. The number of fused-ring (bicyclic) bond motifs is 3. The molecule has 4 rings (SSSR count). The van der Waals surface area contributed by atoms with E-state index in [2.05, 4.69) is 42.5 Å². The van der Waals surface area contributed by atoms with Gasteiger partial charge >= 0.3 is 0 Å². The lowest BCUT2D eigenvalue weighted by atomic mass is 10.0. The number of unbranched alkanes of at least 4 members (excludes halogenated alkanes) is 2. The lowest BCUT2D eigenvalue weighted by Crippen LogP contribution is -1.98. The molecule has 3 aromatic rings. The molecule has 0 fully saturated rings. The molecule has 0 N–H and O–H groups in total. The van der Waals surface area contributed by atoms with Gasteiger partial charge in [0.1, 0.15) is 11.6 Å². The van der Waals surface area contributed by atoms with Crippen LogP contribution in [-0.2, 0) is 12.8 Å². The van der Waals surface area contributed by atoms with Gasteiger partial charge in [-0.25, -0.2) is 4.39 Å². The average Bonchev–Trinajstić information content (AvgIpc) is 3.02. The highest BCUT2D eigenvalue weighted by Crippen LogP contribution is 2.36. The van der Waals surface area contributed by atoms with Crippen molar-refractivity contribution in [1.82, 2.24) is 0 Å². The van der Waals surface area contributed by atoms with Crippen LogP contribution in [0.25, 0.3) is 11.1 Å². The Kier molecular flexibility index (Phi) is 5.01. The summed E-state index contributed by atoms with van der Waals surface area (Å²) in [7, 11) is 0. The Bertz CT molecular complexity index is 900. The number of hydrogen-bond acceptors (Lipinski definition) is 1. The largest absolute Gasteiger partial charge is 0.493 e. The first-order valence-electron chi connectivity index (χ1n) is 9.38. The van der Waals surface area contributed by atoms with E-state index in [1.807, 2.05) is 0 Å². The Morgan fingerprint density at radius 1 is 0.769 bits per heavy atom. The molecule has 0 unspecified atom stereocenters. The summed E-state index contributed by atoms with van der Waals surface area (Å²) >= 11 is 0. The molecule has 132 valence electrons. The third-order valence-corrected chi connectivity index (χ3v) is 5.03. The maximum atomic E-state index is 13.1. The summed E-state index contributed by atoms with van der Waals surface area (Å²) in [6.45, 7) is 0.642. The van der Waals surface area contributed by atoms with Crippen LogP contribution in [0, 0.1) is 5.82 Å². The van der Waals surface area contributed by atoms with E-state index in [1.54, 1.807) is 12.1 Å². The molecule has 0 radical (unpaired) electrons. The van der Waals surface area contributed by atoms with E-state index in [9.17, 15) is 4.39 Å². The van der Waals surface area contributed by atoms with Crippen LogP contribution in [0.15, 0.2) is 66.7 Å². The van der Waals surface area contributed by atoms with Crippen LogP contribution < -0.4 is 4.74 Å². The number of aryl methyl sites for hydroxylation is 1. The maximum absolute atomic E-state index is 13.1.